The van der Waals surface area contributed by atoms with Crippen molar-refractivity contribution in [3.8, 4) is 0 Å². The van der Waals surface area contributed by atoms with Gasteiger partial charge < -0.3 is 10.6 Å². The highest BCUT2D eigenvalue weighted by molar-refractivity contribution is 5.89. The van der Waals surface area contributed by atoms with E-state index in [0.717, 1.165) is 5.69 Å². The van der Waals surface area contributed by atoms with Crippen molar-refractivity contribution in [3.63, 3.8) is 0 Å². The number of carbonyl (C=O) groups excluding carboxylic acids is 1. The van der Waals surface area contributed by atoms with E-state index < -0.39 is 5.82 Å². The molecule has 5 nitrogen and oxygen atoms in total. The first-order chi connectivity index (χ1) is 9.54. The van der Waals surface area contributed by atoms with Crippen LogP contribution in [0.1, 0.15) is 18.4 Å². The van der Waals surface area contributed by atoms with Crippen LogP contribution < -0.4 is 10.6 Å². The van der Waals surface area contributed by atoms with E-state index in [4.69, 9.17) is 0 Å². The number of amides is 1. The van der Waals surface area contributed by atoms with Crippen LogP contribution in [0.4, 0.5) is 15.8 Å². The summed E-state index contributed by atoms with van der Waals surface area (Å²) < 4.78 is 13.5. The summed E-state index contributed by atoms with van der Waals surface area (Å²) in [6.45, 7) is 3.65. The van der Waals surface area contributed by atoms with E-state index in [2.05, 4.69) is 20.6 Å². The minimum absolute atomic E-state index is 0.154. The van der Waals surface area contributed by atoms with Gasteiger partial charge in [0.2, 0.25) is 5.91 Å². The Morgan fingerprint density at radius 1 is 1.35 bits per heavy atom. The first-order valence-corrected chi connectivity index (χ1v) is 6.14. The second kappa shape index (κ2) is 6.10. The fourth-order valence-corrected chi connectivity index (χ4v) is 1.72. The zero-order valence-electron chi connectivity index (χ0n) is 11.3. The number of nitrogens with zero attached hydrogens (tertiary/aromatic N) is 2. The predicted molar refractivity (Wildman–Crippen MR) is 74.8 cm³/mol. The molecule has 0 spiro atoms. The van der Waals surface area contributed by atoms with E-state index in [1.165, 1.54) is 13.0 Å². The quantitative estimate of drug-likeness (QED) is 0.899. The highest BCUT2D eigenvalue weighted by Crippen LogP contribution is 2.20. The summed E-state index contributed by atoms with van der Waals surface area (Å²) in [4.78, 5) is 19.3. The summed E-state index contributed by atoms with van der Waals surface area (Å²) in [6.07, 6.45) is 1.69. The van der Waals surface area contributed by atoms with Gasteiger partial charge in [-0.2, -0.15) is 0 Å². The first-order valence-electron chi connectivity index (χ1n) is 6.14. The highest BCUT2D eigenvalue weighted by Gasteiger charge is 2.05. The molecule has 0 fully saturated rings. The first kappa shape index (κ1) is 13.9. The van der Waals surface area contributed by atoms with Crippen LogP contribution in [0, 0.1) is 12.7 Å². The maximum Gasteiger partial charge on any atom is 0.221 e. The number of hydrogen-bond donors (Lipinski definition) is 2. The van der Waals surface area contributed by atoms with Crippen LogP contribution in [0.3, 0.4) is 0 Å². The molecule has 0 atom stereocenters. The predicted octanol–water partition coefficient (Wildman–Crippen LogP) is 2.49. The summed E-state index contributed by atoms with van der Waals surface area (Å²) in [5.41, 5.74) is 1.69. The third-order valence-electron chi connectivity index (χ3n) is 2.58. The monoisotopic (exact) mass is 274 g/mol. The zero-order chi connectivity index (χ0) is 14.5. The second-order valence-corrected chi connectivity index (χ2v) is 4.32. The summed E-state index contributed by atoms with van der Waals surface area (Å²) in [5.74, 6) is -0.0848. The van der Waals surface area contributed by atoms with E-state index in [1.807, 2.05) is 6.92 Å². The van der Waals surface area contributed by atoms with E-state index >= 15 is 0 Å². The Morgan fingerprint density at radius 2 is 2.15 bits per heavy atom. The van der Waals surface area contributed by atoms with Crippen molar-refractivity contribution in [1.82, 2.24) is 9.97 Å². The van der Waals surface area contributed by atoms with Crippen molar-refractivity contribution in [2.24, 2.45) is 0 Å². The average Bonchev–Trinajstić information content (AvgIpc) is 2.39. The molecule has 0 saturated carbocycles. The third kappa shape index (κ3) is 3.74. The van der Waals surface area contributed by atoms with Crippen LogP contribution in [0.25, 0.3) is 0 Å². The average molecular weight is 274 g/mol. The van der Waals surface area contributed by atoms with E-state index in [1.54, 1.807) is 24.4 Å². The fourth-order valence-electron chi connectivity index (χ4n) is 1.72. The topological polar surface area (TPSA) is 66.9 Å². The normalized spacial score (nSPS) is 10.2. The number of halogens is 1. The Bertz CT molecular complexity index is 630. The molecular formula is C14H15FN4O. The second-order valence-electron chi connectivity index (χ2n) is 4.32. The van der Waals surface area contributed by atoms with Gasteiger partial charge in [0.25, 0.3) is 0 Å². The summed E-state index contributed by atoms with van der Waals surface area (Å²) in [6, 6.07) is 6.26. The molecule has 0 aliphatic carbocycles. The molecule has 0 saturated heterocycles. The Kier molecular flexibility index (Phi) is 4.24. The number of aryl methyl sites for hydroxylation is 1. The number of nitrogens with one attached hydrogen (secondary N) is 2. The van der Waals surface area contributed by atoms with Crippen LogP contribution in [-0.4, -0.2) is 15.9 Å². The van der Waals surface area contributed by atoms with Crippen molar-refractivity contribution in [2.45, 2.75) is 20.4 Å². The molecular weight excluding hydrogens is 259 g/mol. The number of benzene rings is 1. The molecule has 0 aliphatic heterocycles. The molecule has 1 heterocycles. The summed E-state index contributed by atoms with van der Waals surface area (Å²) >= 11 is 0. The van der Waals surface area contributed by atoms with Gasteiger partial charge in [0.15, 0.2) is 0 Å². The van der Waals surface area contributed by atoms with Crippen LogP contribution in [0.2, 0.25) is 0 Å². The summed E-state index contributed by atoms with van der Waals surface area (Å²) in [5, 5.41) is 5.56. The van der Waals surface area contributed by atoms with E-state index in [9.17, 15) is 9.18 Å². The number of carbonyl (C=O) groups is 1. The van der Waals surface area contributed by atoms with Gasteiger partial charge in [0.1, 0.15) is 11.6 Å². The van der Waals surface area contributed by atoms with Crippen molar-refractivity contribution in [2.75, 3.05) is 10.6 Å². The SMILES string of the molecule is CC(=O)Nc1cc(NCc2ccnc(C)n2)ccc1F. The summed E-state index contributed by atoms with van der Waals surface area (Å²) in [7, 11) is 0. The lowest BCUT2D eigenvalue weighted by Crippen LogP contribution is -2.08. The number of anilines is 2. The minimum Gasteiger partial charge on any atom is -0.379 e. The largest absolute Gasteiger partial charge is 0.379 e. The Morgan fingerprint density at radius 3 is 2.85 bits per heavy atom. The Balaban J connectivity index is 2.08. The van der Waals surface area contributed by atoms with Gasteiger partial charge in [-0.1, -0.05) is 0 Å². The van der Waals surface area contributed by atoms with Crippen LogP contribution in [0.15, 0.2) is 30.5 Å². The van der Waals surface area contributed by atoms with Crippen molar-refractivity contribution in [1.29, 1.82) is 0 Å². The van der Waals surface area contributed by atoms with Gasteiger partial charge in [-0.15, -0.1) is 0 Å². The molecule has 0 aliphatic rings. The lowest BCUT2D eigenvalue weighted by molar-refractivity contribution is -0.114. The Hall–Kier alpha value is -2.50. The smallest absolute Gasteiger partial charge is 0.221 e. The van der Waals surface area contributed by atoms with Gasteiger partial charge in [-0.25, -0.2) is 14.4 Å². The van der Waals surface area contributed by atoms with E-state index in [0.29, 0.717) is 18.1 Å². The maximum absolute atomic E-state index is 13.5. The third-order valence-corrected chi connectivity index (χ3v) is 2.58. The Labute approximate surface area is 116 Å². The molecule has 1 amide bonds. The maximum atomic E-state index is 13.5. The molecule has 0 unspecified atom stereocenters. The minimum atomic E-state index is -0.469. The fraction of sp³-hybridized carbons (Fsp3) is 0.214. The molecule has 104 valence electrons. The van der Waals surface area contributed by atoms with Crippen molar-refractivity contribution in [3.05, 3.63) is 47.8 Å². The molecule has 2 rings (SSSR count). The van der Waals surface area contributed by atoms with Gasteiger partial charge in [0, 0.05) is 18.8 Å². The van der Waals surface area contributed by atoms with Gasteiger partial charge in [-0.3, -0.25) is 4.79 Å². The van der Waals surface area contributed by atoms with Crippen LogP contribution in [-0.2, 0) is 11.3 Å². The van der Waals surface area contributed by atoms with Crippen molar-refractivity contribution >= 4 is 17.3 Å². The number of aromatic nitrogens is 2. The number of hydrogen-bond acceptors (Lipinski definition) is 4. The molecule has 1 aromatic heterocycles. The van der Waals surface area contributed by atoms with Gasteiger partial charge >= 0.3 is 0 Å². The highest BCUT2D eigenvalue weighted by atomic mass is 19.1. The molecule has 0 radical (unpaired) electrons. The van der Waals surface area contributed by atoms with Crippen LogP contribution >= 0.6 is 0 Å². The van der Waals surface area contributed by atoms with Gasteiger partial charge in [0.05, 0.1) is 17.9 Å². The molecule has 0 bridgehead atoms. The van der Waals surface area contributed by atoms with Gasteiger partial charge in [-0.05, 0) is 31.2 Å². The van der Waals surface area contributed by atoms with Crippen molar-refractivity contribution < 1.29 is 9.18 Å². The number of rotatable bonds is 4. The van der Waals surface area contributed by atoms with Crippen LogP contribution in [0.5, 0.6) is 0 Å². The molecule has 2 aromatic rings. The molecule has 2 N–H and O–H groups in total. The van der Waals surface area contributed by atoms with E-state index in [-0.39, 0.29) is 11.6 Å². The molecule has 6 heteroatoms. The molecule has 1 aromatic carbocycles. The lowest BCUT2D eigenvalue weighted by atomic mass is 10.2. The zero-order valence-corrected chi connectivity index (χ0v) is 11.3. The molecule has 20 heavy (non-hydrogen) atoms. The standard InChI is InChI=1S/C14H15FN4O/c1-9-16-6-5-12(18-9)8-17-11-3-4-13(15)14(7-11)19-10(2)20/h3-7,17H,8H2,1-2H3,(H,19,20). The lowest BCUT2D eigenvalue weighted by Gasteiger charge is -2.09.